The van der Waals surface area contributed by atoms with Crippen LogP contribution in [-0.4, -0.2) is 49.3 Å². The van der Waals surface area contributed by atoms with Gasteiger partial charge in [-0.3, -0.25) is 24.1 Å². The highest BCUT2D eigenvalue weighted by molar-refractivity contribution is 6.05. The molecule has 0 unspecified atom stereocenters. The third kappa shape index (κ3) is 5.23. The zero-order chi connectivity index (χ0) is 30.2. The first-order valence-corrected chi connectivity index (χ1v) is 13.2. The van der Waals surface area contributed by atoms with Crippen molar-refractivity contribution in [2.45, 2.75) is 6.54 Å². The molecule has 0 fully saturated rings. The number of nitrogens with zero attached hydrogens (tertiary/aromatic N) is 6. The SMILES string of the molecule is CN(C)c1cc2[nH]ncc2cc1Oc1ccc(NC(=O)c2c(Cn3cccn3)n(C)n(-c3ccc(F)cc3)c2=O)cc1F. The molecule has 2 N–H and O–H groups in total. The van der Waals surface area contributed by atoms with Gasteiger partial charge in [0.25, 0.3) is 11.5 Å². The fourth-order valence-corrected chi connectivity index (χ4v) is 4.84. The zero-order valence-electron chi connectivity index (χ0n) is 23.4. The molecule has 11 nitrogen and oxygen atoms in total. The van der Waals surface area contributed by atoms with Crippen molar-refractivity contribution in [2.24, 2.45) is 7.05 Å². The summed E-state index contributed by atoms with van der Waals surface area (Å²) in [4.78, 5) is 29.0. The van der Waals surface area contributed by atoms with E-state index in [1.54, 1.807) is 42.5 Å². The highest BCUT2D eigenvalue weighted by Gasteiger charge is 2.26. The van der Waals surface area contributed by atoms with E-state index < -0.39 is 23.1 Å². The van der Waals surface area contributed by atoms with E-state index in [0.717, 1.165) is 17.0 Å². The van der Waals surface area contributed by atoms with E-state index in [1.807, 2.05) is 25.1 Å². The van der Waals surface area contributed by atoms with Gasteiger partial charge < -0.3 is 15.0 Å². The lowest BCUT2D eigenvalue weighted by Crippen LogP contribution is -2.25. The molecule has 3 aromatic carbocycles. The van der Waals surface area contributed by atoms with Crippen molar-refractivity contribution in [3.05, 3.63) is 112 Å². The maximum Gasteiger partial charge on any atom is 0.284 e. The number of halogens is 2. The average Bonchev–Trinajstić information content (AvgIpc) is 3.71. The number of anilines is 2. The molecule has 3 aromatic heterocycles. The smallest absolute Gasteiger partial charge is 0.284 e. The van der Waals surface area contributed by atoms with Crippen molar-refractivity contribution < 1.29 is 18.3 Å². The van der Waals surface area contributed by atoms with Gasteiger partial charge in [-0.05, 0) is 54.6 Å². The van der Waals surface area contributed by atoms with Gasteiger partial charge in [0.2, 0.25) is 0 Å². The van der Waals surface area contributed by atoms with Crippen LogP contribution < -0.4 is 20.5 Å². The Labute approximate surface area is 243 Å². The largest absolute Gasteiger partial charge is 0.452 e. The first-order chi connectivity index (χ1) is 20.7. The predicted octanol–water partition coefficient (Wildman–Crippen LogP) is 4.69. The van der Waals surface area contributed by atoms with E-state index >= 15 is 4.39 Å². The number of aromatic amines is 1. The summed E-state index contributed by atoms with van der Waals surface area (Å²) in [6.45, 7) is 0.103. The first kappa shape index (κ1) is 27.4. The van der Waals surface area contributed by atoms with E-state index in [1.165, 1.54) is 45.8 Å². The summed E-state index contributed by atoms with van der Waals surface area (Å²) in [5, 5.41) is 14.5. The van der Waals surface area contributed by atoms with Crippen molar-refractivity contribution in [3.63, 3.8) is 0 Å². The summed E-state index contributed by atoms with van der Waals surface area (Å²) < 4.78 is 39.2. The van der Waals surface area contributed by atoms with Crippen LogP contribution in [0.15, 0.2) is 84.0 Å². The number of benzene rings is 3. The molecule has 0 aliphatic rings. The molecule has 1 amide bonds. The molecular formula is C30H26F2N8O3. The van der Waals surface area contributed by atoms with Gasteiger partial charge in [-0.1, -0.05) is 0 Å². The Kier molecular flexibility index (Phi) is 6.98. The summed E-state index contributed by atoms with van der Waals surface area (Å²) in [5.74, 6) is -1.55. The van der Waals surface area contributed by atoms with Crippen LogP contribution in [0.1, 0.15) is 16.1 Å². The van der Waals surface area contributed by atoms with Crippen LogP contribution in [0.5, 0.6) is 11.5 Å². The number of amides is 1. The Morgan fingerprint density at radius 1 is 1.07 bits per heavy atom. The fraction of sp³-hybridized carbons (Fsp3) is 0.133. The van der Waals surface area contributed by atoms with Gasteiger partial charge in [0.15, 0.2) is 17.3 Å². The van der Waals surface area contributed by atoms with Gasteiger partial charge in [0.1, 0.15) is 11.4 Å². The molecule has 0 aliphatic carbocycles. The quantitative estimate of drug-likeness (QED) is 0.268. The van der Waals surface area contributed by atoms with Gasteiger partial charge in [0.05, 0.1) is 35.3 Å². The lowest BCUT2D eigenvalue weighted by Gasteiger charge is -2.18. The molecule has 0 radical (unpaired) electrons. The van der Waals surface area contributed by atoms with E-state index in [2.05, 4.69) is 20.6 Å². The number of H-pyrrole nitrogens is 1. The van der Waals surface area contributed by atoms with Crippen LogP contribution in [0.4, 0.5) is 20.2 Å². The number of carbonyl (C=O) groups excluding carboxylic acids is 1. The summed E-state index contributed by atoms with van der Waals surface area (Å²) in [7, 11) is 5.30. The fourth-order valence-electron chi connectivity index (χ4n) is 4.84. The molecule has 0 bridgehead atoms. The van der Waals surface area contributed by atoms with Crippen LogP contribution in [-0.2, 0) is 13.6 Å². The third-order valence-corrected chi connectivity index (χ3v) is 6.97. The number of nitrogens with one attached hydrogen (secondary N) is 2. The summed E-state index contributed by atoms with van der Waals surface area (Å²) in [6, 6.07) is 14.7. The van der Waals surface area contributed by atoms with Crippen LogP contribution in [0.3, 0.4) is 0 Å². The molecule has 3 heterocycles. The summed E-state index contributed by atoms with van der Waals surface area (Å²) in [6.07, 6.45) is 4.92. The minimum absolute atomic E-state index is 0.0540. The Balaban J connectivity index is 1.31. The second kappa shape index (κ2) is 10.9. The predicted molar refractivity (Wildman–Crippen MR) is 157 cm³/mol. The molecule has 6 aromatic rings. The maximum atomic E-state index is 15.3. The standard InChI is InChI=1S/C30H26F2N8O3/c1-37(2)24-15-23-18(16-33-36-23)13-27(24)43-26-10-7-20(14-22(26)32)35-29(41)28-25(17-39-12-4-11-34-39)38(3)40(30(28)42)21-8-5-19(31)6-9-21/h4-16H,17H2,1-3H3,(H,33,36)(H,35,41). The van der Waals surface area contributed by atoms with Gasteiger partial charge in [-0.25, -0.2) is 13.5 Å². The second-order valence-electron chi connectivity index (χ2n) is 10.0. The molecule has 6 rings (SSSR count). The molecule has 0 spiro atoms. The lowest BCUT2D eigenvalue weighted by molar-refractivity contribution is 0.102. The number of aromatic nitrogens is 6. The van der Waals surface area contributed by atoms with Crippen molar-refractivity contribution >= 4 is 28.2 Å². The van der Waals surface area contributed by atoms with Crippen molar-refractivity contribution in [1.29, 1.82) is 0 Å². The van der Waals surface area contributed by atoms with Gasteiger partial charge in [-0.15, -0.1) is 0 Å². The third-order valence-electron chi connectivity index (χ3n) is 6.97. The first-order valence-electron chi connectivity index (χ1n) is 13.2. The van der Waals surface area contributed by atoms with E-state index in [9.17, 15) is 14.0 Å². The Morgan fingerprint density at radius 3 is 2.56 bits per heavy atom. The number of rotatable bonds is 8. The summed E-state index contributed by atoms with van der Waals surface area (Å²) >= 11 is 0. The average molecular weight is 585 g/mol. The van der Waals surface area contributed by atoms with Crippen molar-refractivity contribution in [2.75, 3.05) is 24.3 Å². The van der Waals surface area contributed by atoms with Crippen molar-refractivity contribution in [3.8, 4) is 17.2 Å². The Bertz CT molecular complexity index is 2010. The molecule has 13 heteroatoms. The number of hydrogen-bond donors (Lipinski definition) is 2. The molecular weight excluding hydrogens is 558 g/mol. The van der Waals surface area contributed by atoms with Crippen LogP contribution >= 0.6 is 0 Å². The number of hydrogen-bond acceptors (Lipinski definition) is 6. The number of carbonyl (C=O) groups is 1. The molecule has 0 aliphatic heterocycles. The molecule has 0 saturated carbocycles. The van der Waals surface area contributed by atoms with Gasteiger partial charge in [-0.2, -0.15) is 10.2 Å². The van der Waals surface area contributed by atoms with Crippen LogP contribution in [0, 0.1) is 11.6 Å². The van der Waals surface area contributed by atoms with Gasteiger partial charge in [0, 0.05) is 50.7 Å². The molecule has 0 atom stereocenters. The van der Waals surface area contributed by atoms with E-state index in [0.29, 0.717) is 22.8 Å². The molecule has 0 saturated heterocycles. The summed E-state index contributed by atoms with van der Waals surface area (Å²) in [5.41, 5.74) is 1.57. The topological polar surface area (TPSA) is 115 Å². The normalized spacial score (nSPS) is 11.2. The lowest BCUT2D eigenvalue weighted by atomic mass is 10.2. The van der Waals surface area contributed by atoms with E-state index in [4.69, 9.17) is 4.74 Å². The van der Waals surface area contributed by atoms with Crippen LogP contribution in [0.25, 0.3) is 16.6 Å². The zero-order valence-corrected chi connectivity index (χ0v) is 23.4. The molecule has 218 valence electrons. The minimum atomic E-state index is -0.739. The van der Waals surface area contributed by atoms with Crippen molar-refractivity contribution in [1.82, 2.24) is 29.3 Å². The monoisotopic (exact) mass is 584 g/mol. The maximum absolute atomic E-state index is 15.3. The van der Waals surface area contributed by atoms with Gasteiger partial charge >= 0.3 is 0 Å². The highest BCUT2D eigenvalue weighted by Crippen LogP contribution is 2.36. The number of fused-ring (bicyclic) bond motifs is 1. The Hall–Kier alpha value is -5.72. The molecule has 43 heavy (non-hydrogen) atoms. The number of ether oxygens (including phenoxy) is 1. The highest BCUT2D eigenvalue weighted by atomic mass is 19.1. The Morgan fingerprint density at radius 2 is 1.86 bits per heavy atom. The second-order valence-corrected chi connectivity index (χ2v) is 10.0. The van der Waals surface area contributed by atoms with E-state index in [-0.39, 0.29) is 23.5 Å². The minimum Gasteiger partial charge on any atom is -0.452 e. The van der Waals surface area contributed by atoms with Crippen LogP contribution in [0.2, 0.25) is 0 Å².